The molecule has 2 aromatic rings. The molecule has 6 nitrogen and oxygen atoms in total. The fraction of sp³-hybridized carbons (Fsp3) is 0.158. The Morgan fingerprint density at radius 2 is 1.96 bits per heavy atom. The van der Waals surface area contributed by atoms with Gasteiger partial charge in [0.1, 0.15) is 0 Å². The van der Waals surface area contributed by atoms with Gasteiger partial charge in [0.25, 0.3) is 5.91 Å². The Morgan fingerprint density at radius 1 is 1.20 bits per heavy atom. The van der Waals surface area contributed by atoms with Crippen LogP contribution in [-0.4, -0.2) is 23.5 Å². The van der Waals surface area contributed by atoms with Gasteiger partial charge in [0.05, 0.1) is 5.71 Å². The summed E-state index contributed by atoms with van der Waals surface area (Å²) in [6.07, 6.45) is 2.35. The Kier molecular flexibility index (Phi) is 5.11. The lowest BCUT2D eigenvalue weighted by Crippen LogP contribution is -2.25. The summed E-state index contributed by atoms with van der Waals surface area (Å²) in [4.78, 5) is 11.9. The van der Waals surface area contributed by atoms with E-state index in [-0.39, 0.29) is 6.79 Å². The summed E-state index contributed by atoms with van der Waals surface area (Å²) in [6.45, 7) is 1.98. The predicted molar refractivity (Wildman–Crippen MR) is 94.3 cm³/mol. The van der Waals surface area contributed by atoms with Crippen molar-refractivity contribution in [3.8, 4) is 11.5 Å². The van der Waals surface area contributed by atoms with Crippen LogP contribution >= 0.6 is 0 Å². The van der Waals surface area contributed by atoms with E-state index in [0.717, 1.165) is 11.3 Å². The molecule has 1 aliphatic rings. The van der Waals surface area contributed by atoms with Crippen molar-refractivity contribution in [2.75, 3.05) is 6.79 Å². The van der Waals surface area contributed by atoms with E-state index in [1.54, 1.807) is 37.3 Å². The van der Waals surface area contributed by atoms with E-state index in [4.69, 9.17) is 9.47 Å². The van der Waals surface area contributed by atoms with Gasteiger partial charge in [-0.15, -0.1) is 0 Å². The Morgan fingerprint density at radius 3 is 2.76 bits per heavy atom. The second-order valence-electron chi connectivity index (χ2n) is 5.49. The zero-order chi connectivity index (χ0) is 17.6. The second-order valence-corrected chi connectivity index (χ2v) is 5.49. The molecule has 2 N–H and O–H groups in total. The number of hydrogen-bond acceptors (Lipinski definition) is 5. The summed E-state index contributed by atoms with van der Waals surface area (Å²) in [7, 11) is 0. The number of rotatable bonds is 5. The Bertz CT molecular complexity index is 815. The number of aliphatic hydroxyl groups is 1. The molecule has 25 heavy (non-hydrogen) atoms. The SMILES string of the molecule is CC(/C=C/c1ccc2c(c1)OCO2)=N\NC(=O)C(O)c1ccccc1. The van der Waals surface area contributed by atoms with E-state index < -0.39 is 12.0 Å². The van der Waals surface area contributed by atoms with Crippen molar-refractivity contribution in [3.63, 3.8) is 0 Å². The lowest BCUT2D eigenvalue weighted by Gasteiger charge is -2.08. The number of fused-ring (bicyclic) bond motifs is 1. The summed E-state index contributed by atoms with van der Waals surface area (Å²) in [5.41, 5.74) is 4.39. The van der Waals surface area contributed by atoms with Gasteiger partial charge in [-0.25, -0.2) is 5.43 Å². The number of allylic oxidation sites excluding steroid dienone is 1. The number of aliphatic hydroxyl groups excluding tert-OH is 1. The highest BCUT2D eigenvalue weighted by atomic mass is 16.7. The molecule has 1 amide bonds. The van der Waals surface area contributed by atoms with Crippen molar-refractivity contribution in [2.24, 2.45) is 5.10 Å². The monoisotopic (exact) mass is 338 g/mol. The summed E-state index contributed by atoms with van der Waals surface area (Å²) >= 11 is 0. The molecule has 0 bridgehead atoms. The lowest BCUT2D eigenvalue weighted by atomic mass is 10.1. The van der Waals surface area contributed by atoms with Gasteiger partial charge in [0.2, 0.25) is 6.79 Å². The average Bonchev–Trinajstić information content (AvgIpc) is 3.12. The fourth-order valence-corrected chi connectivity index (χ4v) is 2.26. The minimum Gasteiger partial charge on any atom is -0.454 e. The van der Waals surface area contributed by atoms with Crippen LogP contribution in [0.4, 0.5) is 0 Å². The Labute approximate surface area is 145 Å². The third kappa shape index (κ3) is 4.24. The number of carbonyl (C=O) groups is 1. The maximum absolute atomic E-state index is 11.9. The normalized spacial score (nSPS) is 14.6. The smallest absolute Gasteiger partial charge is 0.273 e. The molecule has 1 atom stereocenters. The lowest BCUT2D eigenvalue weighted by molar-refractivity contribution is -0.129. The van der Waals surface area contributed by atoms with Crippen LogP contribution in [0, 0.1) is 0 Å². The first-order valence-electron chi connectivity index (χ1n) is 7.78. The predicted octanol–water partition coefficient (Wildman–Crippen LogP) is 2.65. The number of ether oxygens (including phenoxy) is 2. The molecule has 3 rings (SSSR count). The number of hydrazone groups is 1. The summed E-state index contributed by atoms with van der Waals surface area (Å²) in [5, 5.41) is 13.9. The van der Waals surface area contributed by atoms with Crippen LogP contribution in [0.25, 0.3) is 6.08 Å². The van der Waals surface area contributed by atoms with Gasteiger partial charge in [0.15, 0.2) is 17.6 Å². The van der Waals surface area contributed by atoms with E-state index in [1.807, 2.05) is 30.3 Å². The minimum absolute atomic E-state index is 0.235. The molecular weight excluding hydrogens is 320 g/mol. The largest absolute Gasteiger partial charge is 0.454 e. The van der Waals surface area contributed by atoms with Gasteiger partial charge in [-0.1, -0.05) is 42.5 Å². The number of nitrogens with one attached hydrogen (secondary N) is 1. The van der Waals surface area contributed by atoms with Crippen molar-refractivity contribution in [2.45, 2.75) is 13.0 Å². The quantitative estimate of drug-likeness (QED) is 0.649. The summed E-state index contributed by atoms with van der Waals surface area (Å²) in [6, 6.07) is 14.3. The first kappa shape index (κ1) is 16.7. The maximum atomic E-state index is 11.9. The van der Waals surface area contributed by atoms with Gasteiger partial charge in [-0.05, 0) is 36.3 Å². The molecular formula is C19H18N2O4. The second kappa shape index (κ2) is 7.63. The molecule has 1 aliphatic heterocycles. The van der Waals surface area contributed by atoms with E-state index in [0.29, 0.717) is 17.0 Å². The molecule has 0 aliphatic carbocycles. The Hall–Kier alpha value is -3.12. The van der Waals surface area contributed by atoms with Crippen molar-refractivity contribution in [3.05, 3.63) is 65.7 Å². The average molecular weight is 338 g/mol. The van der Waals surface area contributed by atoms with Gasteiger partial charge in [0, 0.05) is 0 Å². The summed E-state index contributed by atoms with van der Waals surface area (Å²) in [5.74, 6) is 0.850. The van der Waals surface area contributed by atoms with E-state index in [1.165, 1.54) is 0 Å². The highest BCUT2D eigenvalue weighted by Gasteiger charge is 2.16. The molecule has 128 valence electrons. The van der Waals surface area contributed by atoms with Gasteiger partial charge < -0.3 is 14.6 Å². The molecule has 0 saturated heterocycles. The van der Waals surface area contributed by atoms with Crippen LogP contribution in [0.5, 0.6) is 11.5 Å². The molecule has 2 aromatic carbocycles. The molecule has 0 aromatic heterocycles. The van der Waals surface area contributed by atoms with Crippen molar-refractivity contribution >= 4 is 17.7 Å². The fourth-order valence-electron chi connectivity index (χ4n) is 2.26. The number of amides is 1. The Balaban J connectivity index is 1.59. The van der Waals surface area contributed by atoms with Gasteiger partial charge >= 0.3 is 0 Å². The topological polar surface area (TPSA) is 80.2 Å². The minimum atomic E-state index is -1.25. The van der Waals surface area contributed by atoms with Gasteiger partial charge in [-0.2, -0.15) is 5.10 Å². The van der Waals surface area contributed by atoms with Crippen LogP contribution in [0.2, 0.25) is 0 Å². The van der Waals surface area contributed by atoms with Gasteiger partial charge in [-0.3, -0.25) is 4.79 Å². The molecule has 6 heteroatoms. The van der Waals surface area contributed by atoms with Crippen LogP contribution in [0.3, 0.4) is 0 Å². The van der Waals surface area contributed by atoms with E-state index in [2.05, 4.69) is 10.5 Å². The van der Waals surface area contributed by atoms with Crippen LogP contribution < -0.4 is 14.9 Å². The molecule has 0 spiro atoms. The van der Waals surface area contributed by atoms with E-state index >= 15 is 0 Å². The maximum Gasteiger partial charge on any atom is 0.273 e. The number of hydrogen-bond donors (Lipinski definition) is 2. The number of nitrogens with zero attached hydrogens (tertiary/aromatic N) is 1. The molecule has 0 radical (unpaired) electrons. The number of carbonyl (C=O) groups excluding carboxylic acids is 1. The van der Waals surface area contributed by atoms with Crippen LogP contribution in [-0.2, 0) is 4.79 Å². The van der Waals surface area contributed by atoms with Crippen LogP contribution in [0.15, 0.2) is 59.7 Å². The third-order valence-electron chi connectivity index (χ3n) is 3.62. The molecule has 1 heterocycles. The zero-order valence-corrected chi connectivity index (χ0v) is 13.7. The van der Waals surface area contributed by atoms with Crippen LogP contribution in [0.1, 0.15) is 24.2 Å². The molecule has 1 unspecified atom stereocenters. The zero-order valence-electron chi connectivity index (χ0n) is 13.7. The highest BCUT2D eigenvalue weighted by Crippen LogP contribution is 2.32. The first-order valence-corrected chi connectivity index (χ1v) is 7.78. The van der Waals surface area contributed by atoms with Crippen molar-refractivity contribution < 1.29 is 19.4 Å². The standard InChI is InChI=1S/C19H18N2O4/c1-13(7-8-14-9-10-16-17(11-14)25-12-24-16)20-21-19(23)18(22)15-5-3-2-4-6-15/h2-11,18,22H,12H2,1H3,(H,21,23)/b8-7+,20-13+. The number of benzene rings is 2. The third-order valence-corrected chi connectivity index (χ3v) is 3.62. The highest BCUT2D eigenvalue weighted by molar-refractivity contribution is 5.97. The first-order chi connectivity index (χ1) is 12.1. The molecule has 0 fully saturated rings. The molecule has 0 saturated carbocycles. The van der Waals surface area contributed by atoms with Crippen molar-refractivity contribution in [1.29, 1.82) is 0 Å². The summed E-state index contributed by atoms with van der Waals surface area (Å²) < 4.78 is 10.6. The van der Waals surface area contributed by atoms with E-state index in [9.17, 15) is 9.90 Å². The van der Waals surface area contributed by atoms with Crippen molar-refractivity contribution in [1.82, 2.24) is 5.43 Å².